The van der Waals surface area contributed by atoms with Crippen molar-refractivity contribution in [1.29, 1.82) is 0 Å². The summed E-state index contributed by atoms with van der Waals surface area (Å²) < 4.78 is 33.2. The molecule has 3 rings (SSSR count). The lowest BCUT2D eigenvalue weighted by Crippen LogP contribution is -2.11. The smallest absolute Gasteiger partial charge is 0.200 e. The number of aryl methyl sites for hydroxylation is 2. The quantitative estimate of drug-likeness (QED) is 0.382. The molecule has 0 amide bonds. The molecule has 0 bridgehead atoms. The van der Waals surface area contributed by atoms with E-state index in [1.165, 1.54) is 49.3 Å². The van der Waals surface area contributed by atoms with Crippen LogP contribution >= 0.6 is 0 Å². The van der Waals surface area contributed by atoms with Crippen LogP contribution in [-0.2, 0) is 12.8 Å². The fraction of sp³-hybridized carbons (Fsp3) is 0.481. The fourth-order valence-electron chi connectivity index (χ4n) is 4.45. The van der Waals surface area contributed by atoms with E-state index in [1.807, 2.05) is 0 Å². The Kier molecular flexibility index (Phi) is 8.48. The molecular formula is C27H34F2O. The summed E-state index contributed by atoms with van der Waals surface area (Å²) >= 11 is 0. The number of allylic oxidation sites excluding steroid dienone is 2. The Bertz CT molecular complexity index is 818. The number of halogens is 2. The summed E-state index contributed by atoms with van der Waals surface area (Å²) in [6, 6.07) is 12.4. The summed E-state index contributed by atoms with van der Waals surface area (Å²) in [7, 11) is 0. The van der Waals surface area contributed by atoms with E-state index >= 15 is 0 Å². The Morgan fingerprint density at radius 3 is 2.30 bits per heavy atom. The van der Waals surface area contributed by atoms with E-state index in [2.05, 4.69) is 43.3 Å². The van der Waals surface area contributed by atoms with E-state index in [0.717, 1.165) is 12.8 Å². The molecule has 1 nitrogen and oxygen atoms in total. The largest absolute Gasteiger partial charge is 0.491 e. The standard InChI is InChI=1S/C27H34F2O/c1-3-7-20-10-14-22(15-11-20)23-16-12-21(13-17-23)8-5-6-9-24-18-19-25(30-4-2)27(29)26(24)28/h5,8,10-11,14-15,18-19,21,23H,3-4,6-7,9,12-13,16-17H2,1-2H3/b8-5+. The molecule has 1 aliphatic rings. The van der Waals surface area contributed by atoms with E-state index in [1.54, 1.807) is 13.0 Å². The maximum atomic E-state index is 14.2. The van der Waals surface area contributed by atoms with Crippen LogP contribution in [0, 0.1) is 17.6 Å². The predicted molar refractivity (Wildman–Crippen MR) is 120 cm³/mol. The van der Waals surface area contributed by atoms with Crippen LogP contribution in [0.4, 0.5) is 8.78 Å². The van der Waals surface area contributed by atoms with Crippen LogP contribution in [0.1, 0.15) is 75.0 Å². The van der Waals surface area contributed by atoms with Crippen molar-refractivity contribution < 1.29 is 13.5 Å². The first-order valence-corrected chi connectivity index (χ1v) is 11.5. The molecule has 1 aliphatic carbocycles. The number of rotatable bonds is 9. The summed E-state index contributed by atoms with van der Waals surface area (Å²) in [5.74, 6) is -0.390. The van der Waals surface area contributed by atoms with Crippen molar-refractivity contribution in [3.8, 4) is 5.75 Å². The molecule has 1 saturated carbocycles. The van der Waals surface area contributed by atoms with Gasteiger partial charge in [0.25, 0.3) is 0 Å². The molecule has 0 saturated heterocycles. The predicted octanol–water partition coefficient (Wildman–Crippen LogP) is 7.78. The zero-order valence-electron chi connectivity index (χ0n) is 18.3. The zero-order chi connectivity index (χ0) is 21.3. The Morgan fingerprint density at radius 1 is 0.900 bits per heavy atom. The highest BCUT2D eigenvalue weighted by atomic mass is 19.2. The first-order chi connectivity index (χ1) is 14.6. The molecule has 3 heteroatoms. The third-order valence-electron chi connectivity index (χ3n) is 6.18. The van der Waals surface area contributed by atoms with Gasteiger partial charge in [-0.1, -0.05) is 55.8 Å². The van der Waals surface area contributed by atoms with E-state index < -0.39 is 11.6 Å². The molecule has 2 aromatic carbocycles. The van der Waals surface area contributed by atoms with E-state index in [4.69, 9.17) is 4.74 Å². The highest BCUT2D eigenvalue weighted by Gasteiger charge is 2.20. The van der Waals surface area contributed by atoms with Crippen LogP contribution in [0.25, 0.3) is 0 Å². The molecule has 2 aromatic rings. The van der Waals surface area contributed by atoms with Crippen LogP contribution < -0.4 is 4.74 Å². The second kappa shape index (κ2) is 11.3. The van der Waals surface area contributed by atoms with Crippen LogP contribution in [-0.4, -0.2) is 6.61 Å². The van der Waals surface area contributed by atoms with Crippen LogP contribution in [0.5, 0.6) is 5.75 Å². The molecule has 0 heterocycles. The minimum absolute atomic E-state index is 0.00828. The van der Waals surface area contributed by atoms with Crippen LogP contribution in [0.15, 0.2) is 48.6 Å². The number of benzene rings is 2. The molecule has 0 atom stereocenters. The van der Waals surface area contributed by atoms with Crippen molar-refractivity contribution in [2.45, 2.75) is 71.1 Å². The summed E-state index contributed by atoms with van der Waals surface area (Å²) in [4.78, 5) is 0. The van der Waals surface area contributed by atoms with Gasteiger partial charge in [0.2, 0.25) is 5.82 Å². The molecule has 1 fully saturated rings. The Balaban J connectivity index is 1.44. The monoisotopic (exact) mass is 412 g/mol. The van der Waals surface area contributed by atoms with Crippen LogP contribution in [0.2, 0.25) is 0 Å². The van der Waals surface area contributed by atoms with Gasteiger partial charge >= 0.3 is 0 Å². The lowest BCUT2D eigenvalue weighted by Gasteiger charge is -2.27. The molecule has 0 unspecified atom stereocenters. The van der Waals surface area contributed by atoms with Crippen molar-refractivity contribution in [3.63, 3.8) is 0 Å². The molecule has 0 spiro atoms. The molecule has 0 aromatic heterocycles. The summed E-state index contributed by atoms with van der Waals surface area (Å²) in [6.07, 6.45) is 12.8. The van der Waals surface area contributed by atoms with Gasteiger partial charge in [0.05, 0.1) is 6.61 Å². The average Bonchev–Trinajstić information content (AvgIpc) is 2.77. The SMILES string of the molecule is CCCc1ccc(C2CCC(/C=C/CCc3ccc(OCC)c(F)c3F)CC2)cc1. The molecule has 30 heavy (non-hydrogen) atoms. The molecular weight excluding hydrogens is 378 g/mol. The number of hydrogen-bond acceptors (Lipinski definition) is 1. The summed E-state index contributed by atoms with van der Waals surface area (Å²) in [6.45, 7) is 4.30. The van der Waals surface area contributed by atoms with Crippen molar-refractivity contribution in [1.82, 2.24) is 0 Å². The Morgan fingerprint density at radius 2 is 1.63 bits per heavy atom. The fourth-order valence-corrected chi connectivity index (χ4v) is 4.45. The van der Waals surface area contributed by atoms with Crippen molar-refractivity contribution >= 4 is 0 Å². The van der Waals surface area contributed by atoms with Gasteiger partial charge in [-0.2, -0.15) is 4.39 Å². The van der Waals surface area contributed by atoms with Gasteiger partial charge < -0.3 is 4.74 Å². The van der Waals surface area contributed by atoms with Crippen molar-refractivity contribution in [2.24, 2.45) is 5.92 Å². The lowest BCUT2D eigenvalue weighted by atomic mass is 9.78. The molecule has 162 valence electrons. The Labute approximate surface area is 180 Å². The highest BCUT2D eigenvalue weighted by molar-refractivity contribution is 5.31. The first-order valence-electron chi connectivity index (χ1n) is 11.5. The third-order valence-corrected chi connectivity index (χ3v) is 6.18. The summed E-state index contributed by atoms with van der Waals surface area (Å²) in [5.41, 5.74) is 3.32. The molecule has 0 radical (unpaired) electrons. The van der Waals surface area contributed by atoms with Crippen LogP contribution in [0.3, 0.4) is 0 Å². The van der Waals surface area contributed by atoms with Crippen molar-refractivity contribution in [3.05, 3.63) is 76.9 Å². The highest BCUT2D eigenvalue weighted by Crippen LogP contribution is 2.36. The topological polar surface area (TPSA) is 9.23 Å². The normalized spacial score (nSPS) is 19.3. The summed E-state index contributed by atoms with van der Waals surface area (Å²) in [5, 5.41) is 0. The van der Waals surface area contributed by atoms with Gasteiger partial charge in [0.1, 0.15) is 0 Å². The van der Waals surface area contributed by atoms with Gasteiger partial charge in [0, 0.05) is 0 Å². The van der Waals surface area contributed by atoms with Gasteiger partial charge in [-0.05, 0) is 86.5 Å². The van der Waals surface area contributed by atoms with Crippen molar-refractivity contribution in [2.75, 3.05) is 6.61 Å². The first kappa shape index (κ1) is 22.5. The average molecular weight is 413 g/mol. The number of hydrogen-bond donors (Lipinski definition) is 0. The number of ether oxygens (including phenoxy) is 1. The zero-order valence-corrected chi connectivity index (χ0v) is 18.3. The second-order valence-corrected chi connectivity index (χ2v) is 8.35. The van der Waals surface area contributed by atoms with Gasteiger partial charge in [-0.25, -0.2) is 4.39 Å². The maximum Gasteiger partial charge on any atom is 0.200 e. The lowest BCUT2D eigenvalue weighted by molar-refractivity contribution is 0.313. The Hall–Kier alpha value is -2.16. The van der Waals surface area contributed by atoms with E-state index in [-0.39, 0.29) is 5.75 Å². The van der Waals surface area contributed by atoms with E-state index in [9.17, 15) is 8.78 Å². The maximum absolute atomic E-state index is 14.2. The van der Waals surface area contributed by atoms with Gasteiger partial charge in [-0.3, -0.25) is 0 Å². The van der Waals surface area contributed by atoms with Gasteiger partial charge in [0.15, 0.2) is 11.6 Å². The molecule has 0 aliphatic heterocycles. The minimum atomic E-state index is -0.876. The minimum Gasteiger partial charge on any atom is -0.491 e. The molecule has 0 N–H and O–H groups in total. The van der Waals surface area contributed by atoms with Gasteiger partial charge in [-0.15, -0.1) is 0 Å². The van der Waals surface area contributed by atoms with E-state index in [0.29, 0.717) is 30.4 Å². The third kappa shape index (κ3) is 5.93. The second-order valence-electron chi connectivity index (χ2n) is 8.35.